The van der Waals surface area contributed by atoms with Gasteiger partial charge in [-0.2, -0.15) is 0 Å². The Morgan fingerprint density at radius 2 is 1.71 bits per heavy atom. The van der Waals surface area contributed by atoms with Gasteiger partial charge in [0.15, 0.2) is 5.82 Å². The highest BCUT2D eigenvalue weighted by molar-refractivity contribution is 5.91. The number of anilines is 3. The predicted molar refractivity (Wildman–Crippen MR) is 137 cm³/mol. The van der Waals surface area contributed by atoms with Crippen molar-refractivity contribution in [2.45, 2.75) is 26.8 Å². The van der Waals surface area contributed by atoms with E-state index in [0.29, 0.717) is 11.5 Å². The summed E-state index contributed by atoms with van der Waals surface area (Å²) in [5.74, 6) is 0.362. The number of para-hydroxylation sites is 1. The van der Waals surface area contributed by atoms with E-state index in [1.807, 2.05) is 31.2 Å². The van der Waals surface area contributed by atoms with Crippen LogP contribution in [0.1, 0.15) is 18.1 Å². The van der Waals surface area contributed by atoms with Gasteiger partial charge >= 0.3 is 5.69 Å². The number of piperazine rings is 1. The second kappa shape index (κ2) is 9.61. The van der Waals surface area contributed by atoms with Crippen molar-refractivity contribution in [2.24, 2.45) is 0 Å². The standard InChI is InChI=1S/C26H29N7O2/c1-3-20-6-4-5-7-22(20)28-23(34)18-33-26(35)32-13-12-27-24(25(32)29-33)31-16-14-30(15-17-31)21-10-8-19(2)9-11-21/h4-13H,3,14-18H2,1-2H3,(H,28,34). The average Bonchev–Trinajstić information content (AvgIpc) is 3.20. The first-order valence-corrected chi connectivity index (χ1v) is 11.9. The lowest BCUT2D eigenvalue weighted by atomic mass is 10.1. The molecule has 0 bridgehead atoms. The van der Waals surface area contributed by atoms with Crippen LogP contribution in [0.5, 0.6) is 0 Å². The van der Waals surface area contributed by atoms with Crippen LogP contribution < -0.4 is 20.8 Å². The minimum absolute atomic E-state index is 0.167. The summed E-state index contributed by atoms with van der Waals surface area (Å²) in [6, 6.07) is 16.2. The molecule has 1 N–H and O–H groups in total. The number of hydrogen-bond acceptors (Lipinski definition) is 6. The molecular formula is C26H29N7O2. The number of carbonyl (C=O) groups excluding carboxylic acids is 1. The van der Waals surface area contributed by atoms with Gasteiger partial charge in [0.2, 0.25) is 11.6 Å². The van der Waals surface area contributed by atoms with Crippen molar-refractivity contribution in [2.75, 3.05) is 41.3 Å². The van der Waals surface area contributed by atoms with Gasteiger partial charge in [0.05, 0.1) is 0 Å². The summed E-state index contributed by atoms with van der Waals surface area (Å²) in [7, 11) is 0. The first kappa shape index (κ1) is 22.6. The maximum Gasteiger partial charge on any atom is 0.350 e. The Labute approximate surface area is 203 Å². The van der Waals surface area contributed by atoms with Crippen molar-refractivity contribution in [3.63, 3.8) is 0 Å². The van der Waals surface area contributed by atoms with E-state index in [0.717, 1.165) is 43.9 Å². The molecule has 5 rings (SSSR count). The van der Waals surface area contributed by atoms with Gasteiger partial charge in [-0.25, -0.2) is 18.9 Å². The molecule has 180 valence electrons. The van der Waals surface area contributed by atoms with Crippen LogP contribution in [0.4, 0.5) is 17.2 Å². The van der Waals surface area contributed by atoms with Crippen LogP contribution in [0.2, 0.25) is 0 Å². The smallest absolute Gasteiger partial charge is 0.350 e. The van der Waals surface area contributed by atoms with Crippen molar-refractivity contribution in [1.82, 2.24) is 19.2 Å². The minimum Gasteiger partial charge on any atom is -0.368 e. The second-order valence-corrected chi connectivity index (χ2v) is 8.75. The number of nitrogens with one attached hydrogen (secondary N) is 1. The molecule has 3 heterocycles. The van der Waals surface area contributed by atoms with Crippen molar-refractivity contribution < 1.29 is 4.79 Å². The SMILES string of the molecule is CCc1ccccc1NC(=O)Cn1nc2c(N3CCN(c4ccc(C)cc4)CC3)nccn2c1=O. The van der Waals surface area contributed by atoms with E-state index in [2.05, 4.69) is 56.4 Å². The molecule has 1 aliphatic rings. The molecule has 0 unspecified atom stereocenters. The van der Waals surface area contributed by atoms with Crippen LogP contribution in [0.3, 0.4) is 0 Å². The molecule has 0 radical (unpaired) electrons. The summed E-state index contributed by atoms with van der Waals surface area (Å²) < 4.78 is 2.66. The Morgan fingerprint density at radius 1 is 1.00 bits per heavy atom. The highest BCUT2D eigenvalue weighted by Crippen LogP contribution is 2.22. The molecule has 9 nitrogen and oxygen atoms in total. The molecule has 2 aromatic carbocycles. The predicted octanol–water partition coefficient (Wildman–Crippen LogP) is 2.73. The average molecular weight is 472 g/mol. The molecule has 0 saturated carbocycles. The summed E-state index contributed by atoms with van der Waals surface area (Å²) >= 11 is 0. The van der Waals surface area contributed by atoms with Gasteiger partial charge in [0.1, 0.15) is 6.54 Å². The van der Waals surface area contributed by atoms with Gasteiger partial charge in [-0.05, 0) is 37.1 Å². The number of fused-ring (bicyclic) bond motifs is 1. The molecule has 0 spiro atoms. The summed E-state index contributed by atoms with van der Waals surface area (Å²) in [5.41, 5.74) is 4.35. The van der Waals surface area contributed by atoms with E-state index < -0.39 is 0 Å². The topological polar surface area (TPSA) is 87.8 Å². The van der Waals surface area contributed by atoms with Gasteiger partial charge in [-0.15, -0.1) is 5.10 Å². The maximum atomic E-state index is 13.0. The zero-order chi connectivity index (χ0) is 24.4. The number of rotatable bonds is 6. The van der Waals surface area contributed by atoms with Crippen LogP contribution in [-0.2, 0) is 17.8 Å². The molecule has 9 heteroatoms. The number of nitrogens with zero attached hydrogens (tertiary/aromatic N) is 6. The van der Waals surface area contributed by atoms with E-state index in [4.69, 9.17) is 0 Å². The summed E-state index contributed by atoms with van der Waals surface area (Å²) in [4.78, 5) is 34.7. The van der Waals surface area contributed by atoms with Gasteiger partial charge < -0.3 is 15.1 Å². The zero-order valence-electron chi connectivity index (χ0n) is 20.0. The fraction of sp³-hybridized carbons (Fsp3) is 0.308. The molecule has 2 aromatic heterocycles. The number of carbonyl (C=O) groups is 1. The number of amides is 1. The molecule has 1 fully saturated rings. The fourth-order valence-corrected chi connectivity index (χ4v) is 4.47. The third-order valence-corrected chi connectivity index (χ3v) is 6.43. The van der Waals surface area contributed by atoms with E-state index in [1.54, 1.807) is 12.4 Å². The lowest BCUT2D eigenvalue weighted by molar-refractivity contribution is -0.117. The highest BCUT2D eigenvalue weighted by Gasteiger charge is 2.23. The largest absolute Gasteiger partial charge is 0.368 e. The Kier molecular flexibility index (Phi) is 6.22. The highest BCUT2D eigenvalue weighted by atomic mass is 16.2. The number of aromatic nitrogens is 4. The molecule has 1 amide bonds. The summed E-state index contributed by atoms with van der Waals surface area (Å²) in [5, 5.41) is 7.39. The summed E-state index contributed by atoms with van der Waals surface area (Å²) in [6.45, 7) is 7.16. The first-order chi connectivity index (χ1) is 17.0. The van der Waals surface area contributed by atoms with Gasteiger partial charge in [0.25, 0.3) is 0 Å². The van der Waals surface area contributed by atoms with Crippen molar-refractivity contribution in [3.8, 4) is 0 Å². The van der Waals surface area contributed by atoms with Gasteiger partial charge in [-0.3, -0.25) is 4.79 Å². The third kappa shape index (κ3) is 4.62. The van der Waals surface area contributed by atoms with E-state index >= 15 is 0 Å². The molecule has 1 saturated heterocycles. The maximum absolute atomic E-state index is 13.0. The van der Waals surface area contributed by atoms with Crippen LogP contribution in [0.15, 0.2) is 65.7 Å². The van der Waals surface area contributed by atoms with Crippen molar-refractivity contribution in [1.29, 1.82) is 0 Å². The van der Waals surface area contributed by atoms with Crippen LogP contribution in [0, 0.1) is 6.92 Å². The molecule has 1 aliphatic heterocycles. The molecule has 0 aliphatic carbocycles. The van der Waals surface area contributed by atoms with Crippen molar-refractivity contribution in [3.05, 3.63) is 82.5 Å². The Hall–Kier alpha value is -4.14. The quantitative estimate of drug-likeness (QED) is 0.465. The molecular weight excluding hydrogens is 442 g/mol. The summed E-state index contributed by atoms with van der Waals surface area (Å²) in [6.07, 6.45) is 4.01. The van der Waals surface area contributed by atoms with Crippen LogP contribution >= 0.6 is 0 Å². The van der Waals surface area contributed by atoms with Gasteiger partial charge in [0, 0.05) is 49.9 Å². The normalized spacial score (nSPS) is 13.9. The Bertz CT molecular complexity index is 1400. The third-order valence-electron chi connectivity index (χ3n) is 6.43. The number of hydrogen-bond donors (Lipinski definition) is 1. The molecule has 4 aromatic rings. The second-order valence-electron chi connectivity index (χ2n) is 8.75. The lowest BCUT2D eigenvalue weighted by Gasteiger charge is -2.36. The minimum atomic E-state index is -0.360. The fourth-order valence-electron chi connectivity index (χ4n) is 4.47. The van der Waals surface area contributed by atoms with E-state index in [9.17, 15) is 9.59 Å². The number of aryl methyl sites for hydroxylation is 2. The lowest BCUT2D eigenvalue weighted by Crippen LogP contribution is -2.47. The monoisotopic (exact) mass is 471 g/mol. The Balaban J connectivity index is 1.33. The molecule has 0 atom stereocenters. The van der Waals surface area contributed by atoms with E-state index in [1.165, 1.54) is 20.3 Å². The molecule has 35 heavy (non-hydrogen) atoms. The number of benzene rings is 2. The first-order valence-electron chi connectivity index (χ1n) is 11.9. The zero-order valence-corrected chi connectivity index (χ0v) is 20.0. The van der Waals surface area contributed by atoms with E-state index in [-0.39, 0.29) is 18.1 Å². The Morgan fingerprint density at radius 3 is 2.46 bits per heavy atom. The van der Waals surface area contributed by atoms with Crippen molar-refractivity contribution >= 4 is 28.7 Å². The van der Waals surface area contributed by atoms with Crippen LogP contribution in [0.25, 0.3) is 5.65 Å². The van der Waals surface area contributed by atoms with Gasteiger partial charge in [-0.1, -0.05) is 42.8 Å². The van der Waals surface area contributed by atoms with Crippen LogP contribution in [-0.4, -0.2) is 51.3 Å².